The van der Waals surface area contributed by atoms with Crippen molar-refractivity contribution >= 4 is 36.0 Å². The number of carbonyl (C=O) groups is 1. The quantitative estimate of drug-likeness (QED) is 0.575. The highest BCUT2D eigenvalue weighted by molar-refractivity contribution is 14.0. The lowest BCUT2D eigenvalue weighted by Gasteiger charge is -2.41. The van der Waals surface area contributed by atoms with Gasteiger partial charge in [-0.15, -0.1) is 24.0 Å². The van der Waals surface area contributed by atoms with E-state index in [1.807, 2.05) is 32.9 Å². The Morgan fingerprint density at radius 1 is 1.25 bits per heavy atom. The number of ether oxygens (including phenoxy) is 2. The lowest BCUT2D eigenvalue weighted by Crippen LogP contribution is -2.58. The predicted octanol–water partition coefficient (Wildman–Crippen LogP) is 3.37. The number of piperazine rings is 1. The van der Waals surface area contributed by atoms with Gasteiger partial charge in [-0.1, -0.05) is 12.1 Å². The molecule has 1 aromatic rings. The van der Waals surface area contributed by atoms with Crippen molar-refractivity contribution in [1.82, 2.24) is 15.1 Å². The number of aliphatic imine (C=N–C) groups is 1. The summed E-state index contributed by atoms with van der Waals surface area (Å²) in [6, 6.07) is 7.01. The largest absolute Gasteiger partial charge is 0.444 e. The molecule has 9 heteroatoms. The minimum atomic E-state index is -0.495. The van der Waals surface area contributed by atoms with Crippen LogP contribution in [0.25, 0.3) is 0 Å². The van der Waals surface area contributed by atoms with Gasteiger partial charge in [-0.05, 0) is 51.3 Å². The third kappa shape index (κ3) is 5.65. The summed E-state index contributed by atoms with van der Waals surface area (Å²) in [4.78, 5) is 21.2. The first kappa shape index (κ1) is 25.0. The topological polar surface area (TPSA) is 66.4 Å². The van der Waals surface area contributed by atoms with Gasteiger partial charge in [0.25, 0.3) is 0 Å². The fraction of sp³-hybridized carbons (Fsp3) is 0.652. The Kier molecular flexibility index (Phi) is 7.90. The van der Waals surface area contributed by atoms with Crippen LogP contribution in [0.3, 0.4) is 0 Å². The van der Waals surface area contributed by atoms with Gasteiger partial charge in [0.1, 0.15) is 11.4 Å². The van der Waals surface area contributed by atoms with E-state index in [-0.39, 0.29) is 47.3 Å². The van der Waals surface area contributed by atoms with Crippen LogP contribution in [0.2, 0.25) is 0 Å². The average molecular weight is 560 g/mol. The van der Waals surface area contributed by atoms with Gasteiger partial charge in [0.05, 0.1) is 12.6 Å². The molecular weight excluding hydrogens is 526 g/mol. The molecule has 4 rings (SSSR count). The Morgan fingerprint density at radius 2 is 1.94 bits per heavy atom. The monoisotopic (exact) mass is 560 g/mol. The summed E-state index contributed by atoms with van der Waals surface area (Å²) in [7, 11) is 0. The van der Waals surface area contributed by atoms with Crippen molar-refractivity contribution in [2.45, 2.75) is 50.7 Å². The lowest BCUT2D eigenvalue weighted by molar-refractivity contribution is 0.0136. The summed E-state index contributed by atoms with van der Waals surface area (Å²) >= 11 is 0. The second-order valence-electron chi connectivity index (χ2n) is 9.69. The minimum Gasteiger partial charge on any atom is -0.444 e. The summed E-state index contributed by atoms with van der Waals surface area (Å²) in [5, 5.41) is 3.58. The second kappa shape index (κ2) is 10.1. The van der Waals surface area contributed by atoms with E-state index in [9.17, 15) is 9.18 Å². The summed E-state index contributed by atoms with van der Waals surface area (Å²) in [6.45, 7) is 10.4. The van der Waals surface area contributed by atoms with Crippen LogP contribution >= 0.6 is 24.0 Å². The number of hydrogen-bond acceptors (Lipinski definition) is 6. The summed E-state index contributed by atoms with van der Waals surface area (Å²) < 4.78 is 24.6. The normalized spacial score (nSPS) is 22.5. The maximum Gasteiger partial charge on any atom is 0.410 e. The van der Waals surface area contributed by atoms with E-state index in [2.05, 4.69) is 10.2 Å². The molecule has 1 unspecified atom stereocenters. The Hall–Kier alpha value is -1.62. The fourth-order valence-electron chi connectivity index (χ4n) is 4.60. The van der Waals surface area contributed by atoms with Crippen molar-refractivity contribution in [3.8, 4) is 0 Å². The Morgan fingerprint density at radius 3 is 2.59 bits per heavy atom. The SMILES string of the molecule is CC(C)(C)OC(=O)N1CCN2C(NCC3(c4ccc(F)cc4)CCOCC3)=NCC2C1.I. The molecule has 0 aromatic heterocycles. The fourth-order valence-corrected chi connectivity index (χ4v) is 4.60. The van der Waals surface area contributed by atoms with Crippen molar-refractivity contribution in [3.63, 3.8) is 0 Å². The van der Waals surface area contributed by atoms with Gasteiger partial charge in [0, 0.05) is 44.8 Å². The summed E-state index contributed by atoms with van der Waals surface area (Å²) in [5.41, 5.74) is 0.533. The van der Waals surface area contributed by atoms with Crippen LogP contribution in [-0.2, 0) is 14.9 Å². The Labute approximate surface area is 206 Å². The molecule has 2 saturated heterocycles. The highest BCUT2D eigenvalue weighted by atomic mass is 127. The van der Waals surface area contributed by atoms with Gasteiger partial charge in [-0.2, -0.15) is 0 Å². The smallest absolute Gasteiger partial charge is 0.410 e. The maximum absolute atomic E-state index is 13.5. The summed E-state index contributed by atoms with van der Waals surface area (Å²) in [5.74, 6) is 0.673. The molecule has 0 bridgehead atoms. The number of fused-ring (bicyclic) bond motifs is 1. The third-order valence-electron chi connectivity index (χ3n) is 6.35. The van der Waals surface area contributed by atoms with Crippen LogP contribution < -0.4 is 5.32 Å². The number of halogens is 2. The zero-order valence-electron chi connectivity index (χ0n) is 19.1. The van der Waals surface area contributed by atoms with Crippen molar-refractivity contribution < 1.29 is 18.7 Å². The van der Waals surface area contributed by atoms with E-state index in [1.165, 1.54) is 12.1 Å². The number of nitrogens with zero attached hydrogens (tertiary/aromatic N) is 3. The highest BCUT2D eigenvalue weighted by Crippen LogP contribution is 2.34. The maximum atomic E-state index is 13.5. The molecule has 0 saturated carbocycles. The molecule has 7 nitrogen and oxygen atoms in total. The number of guanidine groups is 1. The predicted molar refractivity (Wildman–Crippen MR) is 132 cm³/mol. The van der Waals surface area contributed by atoms with Crippen molar-refractivity contribution in [3.05, 3.63) is 35.6 Å². The number of benzene rings is 1. The molecule has 32 heavy (non-hydrogen) atoms. The van der Waals surface area contributed by atoms with E-state index >= 15 is 0 Å². The molecule has 178 valence electrons. The number of rotatable bonds is 3. The van der Waals surface area contributed by atoms with Crippen LogP contribution in [0.4, 0.5) is 9.18 Å². The van der Waals surface area contributed by atoms with Crippen molar-refractivity contribution in [1.29, 1.82) is 0 Å². The molecule has 3 heterocycles. The van der Waals surface area contributed by atoms with Gasteiger partial charge in [-0.25, -0.2) is 9.18 Å². The highest BCUT2D eigenvalue weighted by Gasteiger charge is 2.39. The van der Waals surface area contributed by atoms with Crippen LogP contribution in [0.1, 0.15) is 39.2 Å². The van der Waals surface area contributed by atoms with E-state index in [4.69, 9.17) is 14.5 Å². The first-order valence-corrected chi connectivity index (χ1v) is 11.1. The third-order valence-corrected chi connectivity index (χ3v) is 6.35. The standard InChI is InChI=1S/C23H33FN4O3.HI/c1-22(2,3)31-21(29)27-10-11-28-19(15-27)14-25-20(28)26-16-23(8-12-30-13-9-23)17-4-6-18(24)7-5-17;/h4-7,19H,8-16H2,1-3H3,(H,25,26);1H. The molecule has 1 N–H and O–H groups in total. The van der Waals surface area contributed by atoms with E-state index in [0.717, 1.165) is 37.5 Å². The van der Waals surface area contributed by atoms with E-state index < -0.39 is 5.60 Å². The molecule has 2 fully saturated rings. The zero-order chi connectivity index (χ0) is 22.1. The molecule has 1 atom stereocenters. The molecule has 0 spiro atoms. The van der Waals surface area contributed by atoms with Crippen LogP contribution in [-0.4, -0.2) is 79.4 Å². The number of hydrogen-bond donors (Lipinski definition) is 1. The second-order valence-corrected chi connectivity index (χ2v) is 9.69. The molecule has 1 aromatic carbocycles. The lowest BCUT2D eigenvalue weighted by atomic mass is 9.74. The van der Waals surface area contributed by atoms with Gasteiger partial charge >= 0.3 is 6.09 Å². The van der Waals surface area contributed by atoms with Gasteiger partial charge in [0.2, 0.25) is 0 Å². The number of carbonyl (C=O) groups excluding carboxylic acids is 1. The Bertz CT molecular complexity index is 822. The van der Waals surface area contributed by atoms with Crippen molar-refractivity contribution in [2.75, 3.05) is 45.9 Å². The minimum absolute atomic E-state index is 0. The molecule has 0 radical (unpaired) electrons. The van der Waals surface area contributed by atoms with Gasteiger partial charge in [0.15, 0.2) is 5.96 Å². The number of amides is 1. The van der Waals surface area contributed by atoms with E-state index in [0.29, 0.717) is 32.8 Å². The number of nitrogens with one attached hydrogen (secondary N) is 1. The average Bonchev–Trinajstić information content (AvgIpc) is 3.14. The van der Waals surface area contributed by atoms with Crippen LogP contribution in [0.5, 0.6) is 0 Å². The molecule has 3 aliphatic heterocycles. The van der Waals surface area contributed by atoms with Gasteiger partial charge in [-0.3, -0.25) is 4.99 Å². The Balaban J connectivity index is 0.00000289. The van der Waals surface area contributed by atoms with E-state index in [1.54, 1.807) is 4.90 Å². The van der Waals surface area contributed by atoms with Crippen molar-refractivity contribution in [2.24, 2.45) is 4.99 Å². The van der Waals surface area contributed by atoms with Crippen LogP contribution in [0.15, 0.2) is 29.3 Å². The zero-order valence-corrected chi connectivity index (χ0v) is 21.4. The molecule has 3 aliphatic rings. The molecular formula is C23H34FIN4O3. The van der Waals surface area contributed by atoms with Gasteiger partial charge < -0.3 is 24.6 Å². The molecule has 1 amide bonds. The summed E-state index contributed by atoms with van der Waals surface area (Å²) in [6.07, 6.45) is 1.51. The first-order valence-electron chi connectivity index (χ1n) is 11.1. The van der Waals surface area contributed by atoms with Crippen LogP contribution in [0, 0.1) is 5.82 Å². The molecule has 0 aliphatic carbocycles. The first-order chi connectivity index (χ1) is 14.8.